The molecular formula is C17H15NO. The van der Waals surface area contributed by atoms with E-state index in [1.54, 1.807) is 0 Å². The zero-order chi connectivity index (χ0) is 13.2. The first kappa shape index (κ1) is 11.9. The van der Waals surface area contributed by atoms with Crippen LogP contribution in [0.5, 0.6) is 0 Å². The summed E-state index contributed by atoms with van der Waals surface area (Å²) in [4.78, 5) is 4.56. The fourth-order valence-corrected chi connectivity index (χ4v) is 2.32. The molecular weight excluding hydrogens is 234 g/mol. The minimum absolute atomic E-state index is 0.676. The largest absolute Gasteiger partial charge is 0.382 e. The first-order valence-electron chi connectivity index (χ1n) is 6.35. The van der Waals surface area contributed by atoms with Gasteiger partial charge in [0.15, 0.2) is 0 Å². The molecule has 0 fully saturated rings. The highest BCUT2D eigenvalue weighted by Gasteiger charge is 2.13. The van der Waals surface area contributed by atoms with Crippen molar-refractivity contribution in [1.82, 2.24) is 4.98 Å². The fourth-order valence-electron chi connectivity index (χ4n) is 2.32. The van der Waals surface area contributed by atoms with E-state index in [1.807, 2.05) is 61.5 Å². The van der Waals surface area contributed by atoms with Crippen molar-refractivity contribution in [2.45, 2.75) is 13.0 Å². The van der Waals surface area contributed by atoms with Gasteiger partial charge in [0.2, 0.25) is 0 Å². The SMILES string of the molecule is Cc1cc(C(O)c2ccccc2)nc2ccccc12. The molecule has 1 aromatic heterocycles. The minimum atomic E-state index is -0.676. The molecule has 0 spiro atoms. The average Bonchev–Trinajstić information content (AvgIpc) is 2.47. The van der Waals surface area contributed by atoms with Crippen LogP contribution in [0.1, 0.15) is 22.9 Å². The minimum Gasteiger partial charge on any atom is -0.382 e. The highest BCUT2D eigenvalue weighted by molar-refractivity contribution is 5.82. The lowest BCUT2D eigenvalue weighted by molar-refractivity contribution is 0.215. The maximum atomic E-state index is 10.4. The molecule has 0 aliphatic heterocycles. The predicted molar refractivity (Wildman–Crippen MR) is 77.0 cm³/mol. The molecule has 0 aliphatic rings. The molecule has 0 saturated heterocycles. The second-order valence-corrected chi connectivity index (χ2v) is 4.69. The summed E-state index contributed by atoms with van der Waals surface area (Å²) >= 11 is 0. The van der Waals surface area contributed by atoms with E-state index in [0.717, 1.165) is 22.0 Å². The van der Waals surface area contributed by atoms with E-state index in [0.29, 0.717) is 5.69 Å². The Morgan fingerprint density at radius 1 is 0.947 bits per heavy atom. The van der Waals surface area contributed by atoms with Crippen LogP contribution in [-0.2, 0) is 0 Å². The van der Waals surface area contributed by atoms with Crippen LogP contribution in [0, 0.1) is 6.92 Å². The Labute approximate surface area is 112 Å². The summed E-state index contributed by atoms with van der Waals surface area (Å²) in [5, 5.41) is 11.5. The smallest absolute Gasteiger partial charge is 0.121 e. The second-order valence-electron chi connectivity index (χ2n) is 4.69. The lowest BCUT2D eigenvalue weighted by Gasteiger charge is -2.12. The van der Waals surface area contributed by atoms with E-state index >= 15 is 0 Å². The predicted octanol–water partition coefficient (Wildman–Crippen LogP) is 3.62. The molecule has 0 radical (unpaired) electrons. The molecule has 0 amide bonds. The summed E-state index contributed by atoms with van der Waals surface area (Å²) in [5.41, 5.74) is 3.62. The number of aliphatic hydroxyl groups excluding tert-OH is 1. The fraction of sp³-hybridized carbons (Fsp3) is 0.118. The molecule has 19 heavy (non-hydrogen) atoms. The van der Waals surface area contributed by atoms with Gasteiger partial charge in [0, 0.05) is 5.39 Å². The molecule has 94 valence electrons. The monoisotopic (exact) mass is 249 g/mol. The van der Waals surface area contributed by atoms with Crippen LogP contribution in [-0.4, -0.2) is 10.1 Å². The van der Waals surface area contributed by atoms with Crippen molar-refractivity contribution >= 4 is 10.9 Å². The molecule has 3 aromatic rings. The van der Waals surface area contributed by atoms with Gasteiger partial charge >= 0.3 is 0 Å². The molecule has 0 saturated carbocycles. The molecule has 2 aromatic carbocycles. The Morgan fingerprint density at radius 3 is 2.42 bits per heavy atom. The van der Waals surface area contributed by atoms with Crippen molar-refractivity contribution in [3.63, 3.8) is 0 Å². The number of aliphatic hydroxyl groups is 1. The van der Waals surface area contributed by atoms with Gasteiger partial charge in [-0.3, -0.25) is 0 Å². The average molecular weight is 249 g/mol. The second kappa shape index (κ2) is 4.82. The van der Waals surface area contributed by atoms with Gasteiger partial charge in [-0.25, -0.2) is 4.98 Å². The zero-order valence-electron chi connectivity index (χ0n) is 10.7. The van der Waals surface area contributed by atoms with Gasteiger partial charge in [-0.1, -0.05) is 48.5 Å². The van der Waals surface area contributed by atoms with Crippen LogP contribution in [0.2, 0.25) is 0 Å². The zero-order valence-corrected chi connectivity index (χ0v) is 10.7. The van der Waals surface area contributed by atoms with Gasteiger partial charge in [-0.05, 0) is 30.2 Å². The number of para-hydroxylation sites is 1. The van der Waals surface area contributed by atoms with Crippen molar-refractivity contribution in [2.75, 3.05) is 0 Å². The molecule has 3 rings (SSSR count). The third-order valence-corrected chi connectivity index (χ3v) is 3.34. The molecule has 2 heteroatoms. The number of aromatic nitrogens is 1. The van der Waals surface area contributed by atoms with Crippen LogP contribution in [0.4, 0.5) is 0 Å². The highest BCUT2D eigenvalue weighted by Crippen LogP contribution is 2.24. The van der Waals surface area contributed by atoms with Gasteiger partial charge in [0.1, 0.15) is 6.10 Å². The standard InChI is InChI=1S/C17H15NO/c1-12-11-16(17(19)13-7-3-2-4-8-13)18-15-10-6-5-9-14(12)15/h2-11,17,19H,1H3. The quantitative estimate of drug-likeness (QED) is 0.752. The van der Waals surface area contributed by atoms with Crippen LogP contribution >= 0.6 is 0 Å². The summed E-state index contributed by atoms with van der Waals surface area (Å²) in [6.45, 7) is 2.05. The molecule has 0 bridgehead atoms. The van der Waals surface area contributed by atoms with Gasteiger partial charge in [-0.2, -0.15) is 0 Å². The summed E-state index contributed by atoms with van der Waals surface area (Å²) < 4.78 is 0. The summed E-state index contributed by atoms with van der Waals surface area (Å²) in [6, 6.07) is 19.6. The molecule has 1 unspecified atom stereocenters. The molecule has 1 heterocycles. The maximum Gasteiger partial charge on any atom is 0.121 e. The number of benzene rings is 2. The maximum absolute atomic E-state index is 10.4. The van der Waals surface area contributed by atoms with E-state index in [-0.39, 0.29) is 0 Å². The lowest BCUT2D eigenvalue weighted by atomic mass is 10.0. The van der Waals surface area contributed by atoms with Crippen LogP contribution < -0.4 is 0 Å². The number of aryl methyl sites for hydroxylation is 1. The number of hydrogen-bond acceptors (Lipinski definition) is 2. The van der Waals surface area contributed by atoms with Crippen molar-refractivity contribution in [3.05, 3.63) is 77.5 Å². The molecule has 0 aliphatic carbocycles. The van der Waals surface area contributed by atoms with E-state index in [1.165, 1.54) is 0 Å². The van der Waals surface area contributed by atoms with Crippen LogP contribution in [0.3, 0.4) is 0 Å². The number of fused-ring (bicyclic) bond motifs is 1. The van der Waals surface area contributed by atoms with Crippen LogP contribution in [0.15, 0.2) is 60.7 Å². The number of pyridine rings is 1. The highest BCUT2D eigenvalue weighted by atomic mass is 16.3. The van der Waals surface area contributed by atoms with Gasteiger partial charge in [-0.15, -0.1) is 0 Å². The number of hydrogen-bond donors (Lipinski definition) is 1. The topological polar surface area (TPSA) is 33.1 Å². The van der Waals surface area contributed by atoms with Crippen molar-refractivity contribution < 1.29 is 5.11 Å². The van der Waals surface area contributed by atoms with E-state index in [2.05, 4.69) is 11.1 Å². The Balaban J connectivity index is 2.11. The Bertz CT molecular complexity index is 707. The summed E-state index contributed by atoms with van der Waals surface area (Å²) in [7, 11) is 0. The van der Waals surface area contributed by atoms with E-state index in [4.69, 9.17) is 0 Å². The van der Waals surface area contributed by atoms with Gasteiger partial charge < -0.3 is 5.11 Å². The first-order valence-corrected chi connectivity index (χ1v) is 6.35. The van der Waals surface area contributed by atoms with Gasteiger partial charge in [0.25, 0.3) is 0 Å². The van der Waals surface area contributed by atoms with E-state index < -0.39 is 6.10 Å². The molecule has 2 nitrogen and oxygen atoms in total. The molecule has 1 N–H and O–H groups in total. The number of nitrogens with zero attached hydrogens (tertiary/aromatic N) is 1. The normalized spacial score (nSPS) is 12.5. The van der Waals surface area contributed by atoms with Crippen molar-refractivity contribution in [1.29, 1.82) is 0 Å². The first-order chi connectivity index (χ1) is 9.25. The summed E-state index contributed by atoms with van der Waals surface area (Å²) in [5.74, 6) is 0. The van der Waals surface area contributed by atoms with Crippen molar-refractivity contribution in [3.8, 4) is 0 Å². The Morgan fingerprint density at radius 2 is 1.63 bits per heavy atom. The summed E-state index contributed by atoms with van der Waals surface area (Å²) in [6.07, 6.45) is -0.676. The third kappa shape index (κ3) is 2.23. The lowest BCUT2D eigenvalue weighted by Crippen LogP contribution is -2.03. The van der Waals surface area contributed by atoms with Gasteiger partial charge in [0.05, 0.1) is 11.2 Å². The van der Waals surface area contributed by atoms with E-state index in [9.17, 15) is 5.11 Å². The Kier molecular flexibility index (Phi) is 3.02. The van der Waals surface area contributed by atoms with Crippen molar-refractivity contribution in [2.24, 2.45) is 0 Å². The Hall–Kier alpha value is -2.19. The van der Waals surface area contributed by atoms with Crippen LogP contribution in [0.25, 0.3) is 10.9 Å². The molecule has 1 atom stereocenters. The third-order valence-electron chi connectivity index (χ3n) is 3.34. The number of rotatable bonds is 2.